The molecule has 1 aromatic carbocycles. The van der Waals surface area contributed by atoms with Crippen LogP contribution in [-0.4, -0.2) is 35.2 Å². The molecular formula is C16H11ClF3NO4. The Morgan fingerprint density at radius 1 is 1.40 bits per heavy atom. The summed E-state index contributed by atoms with van der Waals surface area (Å²) in [5.41, 5.74) is -2.18. The van der Waals surface area contributed by atoms with Crippen LogP contribution in [0.3, 0.4) is 0 Å². The summed E-state index contributed by atoms with van der Waals surface area (Å²) >= 11 is 6.01. The summed E-state index contributed by atoms with van der Waals surface area (Å²) in [6.45, 7) is -0.0751. The molecule has 4 rings (SSSR count). The first-order chi connectivity index (χ1) is 11.6. The van der Waals surface area contributed by atoms with Crippen LogP contribution in [0.4, 0.5) is 18.9 Å². The summed E-state index contributed by atoms with van der Waals surface area (Å²) in [7, 11) is 0. The minimum Gasteiger partial charge on any atom is -0.481 e. The molecule has 3 heterocycles. The first kappa shape index (κ1) is 16.4. The minimum atomic E-state index is -4.59. The van der Waals surface area contributed by atoms with Gasteiger partial charge < -0.3 is 14.7 Å². The van der Waals surface area contributed by atoms with Crippen LogP contribution in [0.5, 0.6) is 0 Å². The zero-order valence-corrected chi connectivity index (χ0v) is 13.2. The summed E-state index contributed by atoms with van der Waals surface area (Å²) < 4.78 is 44.6. The lowest BCUT2D eigenvalue weighted by molar-refractivity contribution is -0.146. The number of fused-ring (bicyclic) bond motifs is 1. The molecule has 2 fully saturated rings. The Morgan fingerprint density at radius 2 is 2.12 bits per heavy atom. The average Bonchev–Trinajstić information content (AvgIpc) is 3.15. The van der Waals surface area contributed by atoms with Gasteiger partial charge in [-0.25, -0.2) is 0 Å². The van der Waals surface area contributed by atoms with E-state index in [4.69, 9.17) is 16.3 Å². The molecule has 132 valence electrons. The van der Waals surface area contributed by atoms with E-state index in [2.05, 4.69) is 0 Å². The van der Waals surface area contributed by atoms with E-state index < -0.39 is 47.2 Å². The van der Waals surface area contributed by atoms with Crippen LogP contribution in [0.15, 0.2) is 30.4 Å². The first-order valence-corrected chi connectivity index (χ1v) is 7.80. The van der Waals surface area contributed by atoms with Gasteiger partial charge in [0.2, 0.25) is 5.91 Å². The van der Waals surface area contributed by atoms with Crippen molar-refractivity contribution in [2.24, 2.45) is 11.8 Å². The van der Waals surface area contributed by atoms with Crippen molar-refractivity contribution in [1.29, 1.82) is 0 Å². The second-order valence-electron chi connectivity index (χ2n) is 6.33. The van der Waals surface area contributed by atoms with E-state index in [-0.39, 0.29) is 17.3 Å². The third-order valence-corrected chi connectivity index (χ3v) is 5.27. The molecule has 4 atom stereocenters. The van der Waals surface area contributed by atoms with Gasteiger partial charge in [-0.05, 0) is 18.2 Å². The van der Waals surface area contributed by atoms with Crippen molar-refractivity contribution in [1.82, 2.24) is 0 Å². The highest BCUT2D eigenvalue weighted by Gasteiger charge is 2.67. The third-order valence-electron chi connectivity index (χ3n) is 4.95. The summed E-state index contributed by atoms with van der Waals surface area (Å²) in [4.78, 5) is 25.4. The van der Waals surface area contributed by atoms with Gasteiger partial charge in [-0.15, -0.1) is 0 Å². The van der Waals surface area contributed by atoms with Gasteiger partial charge in [0.05, 0.1) is 34.8 Å². The average molecular weight is 374 g/mol. The number of amides is 1. The monoisotopic (exact) mass is 373 g/mol. The molecule has 0 aliphatic carbocycles. The SMILES string of the molecule is O=C(O)[C@H]1[C@@H]2C=C[C@@]3(CN(c4cc(C(F)(F)F)ccc4Cl)C(=O)[C@@H]13)O2. The van der Waals surface area contributed by atoms with Crippen molar-refractivity contribution >= 4 is 29.2 Å². The molecule has 3 aliphatic rings. The van der Waals surface area contributed by atoms with Crippen molar-refractivity contribution in [2.75, 3.05) is 11.4 Å². The van der Waals surface area contributed by atoms with Crippen molar-refractivity contribution in [3.63, 3.8) is 0 Å². The molecule has 25 heavy (non-hydrogen) atoms. The van der Waals surface area contributed by atoms with Crippen LogP contribution < -0.4 is 4.90 Å². The van der Waals surface area contributed by atoms with E-state index in [1.165, 1.54) is 0 Å². The zero-order chi connectivity index (χ0) is 18.1. The highest BCUT2D eigenvalue weighted by atomic mass is 35.5. The van der Waals surface area contributed by atoms with E-state index in [1.54, 1.807) is 12.2 Å². The third kappa shape index (κ3) is 2.20. The topological polar surface area (TPSA) is 66.8 Å². The number of alkyl halides is 3. The second-order valence-corrected chi connectivity index (χ2v) is 6.73. The maximum atomic E-state index is 13.0. The fourth-order valence-corrected chi connectivity index (χ4v) is 4.10. The van der Waals surface area contributed by atoms with Gasteiger partial charge in [0.15, 0.2) is 0 Å². The highest BCUT2D eigenvalue weighted by molar-refractivity contribution is 6.34. The number of benzene rings is 1. The Kier molecular flexibility index (Phi) is 3.27. The largest absolute Gasteiger partial charge is 0.481 e. The normalized spacial score (nSPS) is 33.2. The van der Waals surface area contributed by atoms with Gasteiger partial charge in [0, 0.05) is 0 Å². The predicted molar refractivity (Wildman–Crippen MR) is 80.2 cm³/mol. The first-order valence-electron chi connectivity index (χ1n) is 7.42. The smallest absolute Gasteiger partial charge is 0.416 e. The molecule has 9 heteroatoms. The Morgan fingerprint density at radius 3 is 2.76 bits per heavy atom. The summed E-state index contributed by atoms with van der Waals surface area (Å²) in [5.74, 6) is -3.82. The Hall–Kier alpha value is -2.06. The molecule has 0 unspecified atom stereocenters. The van der Waals surface area contributed by atoms with Gasteiger partial charge in [0.25, 0.3) is 0 Å². The minimum absolute atomic E-state index is 0.0249. The maximum absolute atomic E-state index is 13.0. The van der Waals surface area contributed by atoms with Crippen molar-refractivity contribution in [2.45, 2.75) is 17.9 Å². The van der Waals surface area contributed by atoms with Gasteiger partial charge in [-0.3, -0.25) is 9.59 Å². The molecule has 1 amide bonds. The van der Waals surface area contributed by atoms with E-state index in [0.29, 0.717) is 0 Å². The van der Waals surface area contributed by atoms with Gasteiger partial charge in [-0.2, -0.15) is 13.2 Å². The molecule has 2 saturated heterocycles. The fourth-order valence-electron chi connectivity index (χ4n) is 3.88. The fraction of sp³-hybridized carbons (Fsp3) is 0.375. The van der Waals surface area contributed by atoms with Crippen LogP contribution in [0.2, 0.25) is 5.02 Å². The number of hydrogen-bond acceptors (Lipinski definition) is 3. The molecule has 0 aromatic heterocycles. The van der Waals surface area contributed by atoms with Crippen LogP contribution in [0.1, 0.15) is 5.56 Å². The number of halogens is 4. The van der Waals surface area contributed by atoms with Gasteiger partial charge >= 0.3 is 12.1 Å². The van der Waals surface area contributed by atoms with Crippen LogP contribution in [0.25, 0.3) is 0 Å². The van der Waals surface area contributed by atoms with Crippen molar-refractivity contribution < 1.29 is 32.6 Å². The number of carbonyl (C=O) groups is 2. The molecule has 2 bridgehead atoms. The molecule has 1 aromatic rings. The lowest BCUT2D eigenvalue weighted by Crippen LogP contribution is -2.39. The highest BCUT2D eigenvalue weighted by Crippen LogP contribution is 2.53. The second kappa shape index (κ2) is 4.98. The summed E-state index contributed by atoms with van der Waals surface area (Å²) in [6.07, 6.45) is -2.08. The molecule has 3 aliphatic heterocycles. The molecule has 0 saturated carbocycles. The van der Waals surface area contributed by atoms with E-state index >= 15 is 0 Å². The lowest BCUT2D eigenvalue weighted by atomic mass is 9.77. The summed E-state index contributed by atoms with van der Waals surface area (Å²) in [6, 6.07) is 2.69. The Balaban J connectivity index is 1.76. The Labute approximate surface area is 144 Å². The number of aliphatic carboxylic acids is 1. The van der Waals surface area contributed by atoms with Crippen LogP contribution in [0, 0.1) is 11.8 Å². The maximum Gasteiger partial charge on any atom is 0.416 e. The molecule has 0 radical (unpaired) electrons. The Bertz CT molecular complexity index is 824. The number of ether oxygens (including phenoxy) is 1. The summed E-state index contributed by atoms with van der Waals surface area (Å²) in [5, 5.41) is 9.37. The van der Waals surface area contributed by atoms with Crippen molar-refractivity contribution in [3.8, 4) is 0 Å². The van der Waals surface area contributed by atoms with Crippen LogP contribution in [-0.2, 0) is 20.5 Å². The van der Waals surface area contributed by atoms with Crippen LogP contribution >= 0.6 is 11.6 Å². The quantitative estimate of drug-likeness (QED) is 0.809. The van der Waals surface area contributed by atoms with E-state index in [1.807, 2.05) is 0 Å². The molecule has 1 N–H and O–H groups in total. The number of anilines is 1. The predicted octanol–water partition coefficient (Wildman–Crippen LogP) is 2.73. The standard InChI is InChI=1S/C16H11ClF3NO4/c17-8-2-1-7(16(18,19)20)5-9(8)21-6-15-4-3-10(25-15)11(14(23)24)12(15)13(21)22/h1-5,10-12H,6H2,(H,23,24)/t10-,11-,12+,15-/m0/s1. The van der Waals surface area contributed by atoms with E-state index in [9.17, 15) is 27.9 Å². The van der Waals surface area contributed by atoms with Gasteiger partial charge in [-0.1, -0.05) is 23.8 Å². The lowest BCUT2D eigenvalue weighted by Gasteiger charge is -2.23. The zero-order valence-electron chi connectivity index (χ0n) is 12.5. The number of rotatable bonds is 2. The van der Waals surface area contributed by atoms with Crippen molar-refractivity contribution in [3.05, 3.63) is 40.9 Å². The number of nitrogens with zero attached hydrogens (tertiary/aromatic N) is 1. The van der Waals surface area contributed by atoms with Gasteiger partial charge in [0.1, 0.15) is 11.5 Å². The molecular weight excluding hydrogens is 363 g/mol. The number of carboxylic acids is 1. The molecule has 5 nitrogen and oxygen atoms in total. The van der Waals surface area contributed by atoms with E-state index in [0.717, 1.165) is 23.1 Å². The number of carboxylic acid groups (broad SMARTS) is 1. The number of carbonyl (C=O) groups excluding carboxylic acids is 1. The molecule has 1 spiro atoms. The number of hydrogen-bond donors (Lipinski definition) is 1.